The van der Waals surface area contributed by atoms with Gasteiger partial charge in [0.15, 0.2) is 0 Å². The Bertz CT molecular complexity index is 137. The van der Waals surface area contributed by atoms with Crippen molar-refractivity contribution in [3.8, 4) is 0 Å². The van der Waals surface area contributed by atoms with Crippen molar-refractivity contribution in [2.45, 2.75) is 19.9 Å². The Labute approximate surface area is 73.6 Å². The second-order valence-corrected chi connectivity index (χ2v) is 2.96. The molecule has 12 heavy (non-hydrogen) atoms. The van der Waals surface area contributed by atoms with Crippen molar-refractivity contribution in [2.75, 3.05) is 26.7 Å². The number of likely N-dealkylation sites (N-methyl/N-ethyl adjacent to an activating group) is 1. The number of carbonyl (C=O) groups is 1. The van der Waals surface area contributed by atoms with Gasteiger partial charge in [-0.15, -0.1) is 0 Å². The van der Waals surface area contributed by atoms with Crippen LogP contribution in [-0.2, 0) is 4.79 Å². The first-order valence-corrected chi connectivity index (χ1v) is 4.17. The zero-order valence-electron chi connectivity index (χ0n) is 8.00. The van der Waals surface area contributed by atoms with E-state index in [1.54, 1.807) is 7.05 Å². The standard InChI is InChI=1S/C8H18N2O2/c1-7(2)10(4-5-11)6-8(12)9-3/h7,11H,4-6H2,1-3H3,(H,9,12). The summed E-state index contributed by atoms with van der Waals surface area (Å²) in [5.74, 6) is -0.0165. The second kappa shape index (κ2) is 5.97. The summed E-state index contributed by atoms with van der Waals surface area (Å²) in [5.41, 5.74) is 0. The van der Waals surface area contributed by atoms with Crippen LogP contribution in [0.1, 0.15) is 13.8 Å². The Balaban J connectivity index is 3.86. The number of hydrogen-bond donors (Lipinski definition) is 2. The zero-order chi connectivity index (χ0) is 9.56. The first-order chi connectivity index (χ1) is 5.61. The minimum absolute atomic E-state index is 0.0165. The zero-order valence-corrected chi connectivity index (χ0v) is 8.00. The Morgan fingerprint density at radius 3 is 2.50 bits per heavy atom. The summed E-state index contributed by atoms with van der Waals surface area (Å²) in [6, 6.07) is 0.287. The van der Waals surface area contributed by atoms with Crippen molar-refractivity contribution in [2.24, 2.45) is 0 Å². The fourth-order valence-electron chi connectivity index (χ4n) is 0.912. The van der Waals surface area contributed by atoms with Crippen LogP contribution >= 0.6 is 0 Å². The van der Waals surface area contributed by atoms with E-state index in [1.165, 1.54) is 0 Å². The van der Waals surface area contributed by atoms with Gasteiger partial charge in [0.25, 0.3) is 0 Å². The predicted molar refractivity (Wildman–Crippen MR) is 47.9 cm³/mol. The third kappa shape index (κ3) is 4.31. The quantitative estimate of drug-likeness (QED) is 0.587. The summed E-state index contributed by atoms with van der Waals surface area (Å²) < 4.78 is 0. The molecule has 0 atom stereocenters. The Kier molecular flexibility index (Phi) is 5.66. The first-order valence-electron chi connectivity index (χ1n) is 4.17. The third-order valence-corrected chi connectivity index (χ3v) is 1.74. The molecule has 0 aliphatic carbocycles. The largest absolute Gasteiger partial charge is 0.395 e. The second-order valence-electron chi connectivity index (χ2n) is 2.96. The van der Waals surface area contributed by atoms with Crippen molar-refractivity contribution in [3.63, 3.8) is 0 Å². The number of hydrogen-bond acceptors (Lipinski definition) is 3. The molecule has 0 bridgehead atoms. The van der Waals surface area contributed by atoms with Crippen molar-refractivity contribution in [3.05, 3.63) is 0 Å². The van der Waals surface area contributed by atoms with E-state index in [0.717, 1.165) is 0 Å². The van der Waals surface area contributed by atoms with Crippen LogP contribution in [0.4, 0.5) is 0 Å². The van der Waals surface area contributed by atoms with Gasteiger partial charge in [-0.05, 0) is 13.8 Å². The summed E-state index contributed by atoms with van der Waals surface area (Å²) in [7, 11) is 1.61. The van der Waals surface area contributed by atoms with Crippen molar-refractivity contribution >= 4 is 5.91 Å². The van der Waals surface area contributed by atoms with Gasteiger partial charge in [0, 0.05) is 19.6 Å². The molecule has 0 aromatic rings. The van der Waals surface area contributed by atoms with Crippen molar-refractivity contribution in [1.82, 2.24) is 10.2 Å². The number of nitrogens with zero attached hydrogens (tertiary/aromatic N) is 1. The molecule has 0 fully saturated rings. The Morgan fingerprint density at radius 2 is 2.17 bits per heavy atom. The van der Waals surface area contributed by atoms with Gasteiger partial charge in [0.2, 0.25) is 5.91 Å². The first kappa shape index (κ1) is 11.4. The van der Waals surface area contributed by atoms with Crippen molar-refractivity contribution < 1.29 is 9.90 Å². The van der Waals surface area contributed by atoms with Crippen LogP contribution in [0.25, 0.3) is 0 Å². The normalized spacial score (nSPS) is 10.8. The molecular weight excluding hydrogens is 156 g/mol. The van der Waals surface area contributed by atoms with Crippen LogP contribution in [0.2, 0.25) is 0 Å². The Hall–Kier alpha value is -0.610. The summed E-state index contributed by atoms with van der Waals surface area (Å²) in [5, 5.41) is 11.2. The van der Waals surface area contributed by atoms with Gasteiger partial charge in [0.05, 0.1) is 13.2 Å². The summed E-state index contributed by atoms with van der Waals surface area (Å²) >= 11 is 0. The molecule has 0 spiro atoms. The molecule has 1 amide bonds. The van der Waals surface area contributed by atoms with Gasteiger partial charge in [-0.2, -0.15) is 0 Å². The van der Waals surface area contributed by atoms with Crippen LogP contribution in [0.5, 0.6) is 0 Å². The van der Waals surface area contributed by atoms with Gasteiger partial charge in [-0.25, -0.2) is 0 Å². The number of carbonyl (C=O) groups excluding carboxylic acids is 1. The molecule has 4 nitrogen and oxygen atoms in total. The lowest BCUT2D eigenvalue weighted by Gasteiger charge is -2.24. The van der Waals surface area contributed by atoms with Gasteiger partial charge in [-0.1, -0.05) is 0 Å². The molecule has 0 aromatic heterocycles. The monoisotopic (exact) mass is 174 g/mol. The fraction of sp³-hybridized carbons (Fsp3) is 0.875. The third-order valence-electron chi connectivity index (χ3n) is 1.74. The molecule has 0 unspecified atom stereocenters. The topological polar surface area (TPSA) is 52.6 Å². The molecule has 4 heteroatoms. The molecule has 0 saturated heterocycles. The molecule has 0 heterocycles. The van der Waals surface area contributed by atoms with Gasteiger partial charge < -0.3 is 10.4 Å². The summed E-state index contributed by atoms with van der Waals surface area (Å²) in [6.45, 7) is 4.99. The lowest BCUT2D eigenvalue weighted by atomic mass is 10.3. The highest BCUT2D eigenvalue weighted by Crippen LogP contribution is 1.95. The molecule has 2 N–H and O–H groups in total. The molecule has 72 valence electrons. The lowest BCUT2D eigenvalue weighted by Crippen LogP contribution is -2.41. The molecule has 0 saturated carbocycles. The Morgan fingerprint density at radius 1 is 1.58 bits per heavy atom. The molecule has 0 aliphatic rings. The average Bonchev–Trinajstić information content (AvgIpc) is 2.03. The SMILES string of the molecule is CNC(=O)CN(CCO)C(C)C. The van der Waals surface area contributed by atoms with Crippen LogP contribution in [0.15, 0.2) is 0 Å². The van der Waals surface area contributed by atoms with Crippen LogP contribution in [0, 0.1) is 0 Å². The van der Waals surface area contributed by atoms with Gasteiger partial charge >= 0.3 is 0 Å². The number of nitrogens with one attached hydrogen (secondary N) is 1. The molecule has 0 aromatic carbocycles. The molecular formula is C8H18N2O2. The number of amides is 1. The van der Waals surface area contributed by atoms with Gasteiger partial charge in [0.1, 0.15) is 0 Å². The molecule has 0 radical (unpaired) electrons. The maximum atomic E-state index is 11.0. The highest BCUT2D eigenvalue weighted by atomic mass is 16.3. The van der Waals surface area contributed by atoms with E-state index in [0.29, 0.717) is 13.1 Å². The maximum absolute atomic E-state index is 11.0. The highest BCUT2D eigenvalue weighted by molar-refractivity contribution is 5.77. The summed E-state index contributed by atoms with van der Waals surface area (Å²) in [6.07, 6.45) is 0. The van der Waals surface area contributed by atoms with Crippen LogP contribution < -0.4 is 5.32 Å². The van der Waals surface area contributed by atoms with E-state index < -0.39 is 0 Å². The average molecular weight is 174 g/mol. The van der Waals surface area contributed by atoms with E-state index in [1.807, 2.05) is 18.7 Å². The van der Waals surface area contributed by atoms with Crippen LogP contribution in [-0.4, -0.2) is 48.7 Å². The minimum atomic E-state index is -0.0165. The minimum Gasteiger partial charge on any atom is -0.395 e. The van der Waals surface area contributed by atoms with E-state index in [-0.39, 0.29) is 18.6 Å². The van der Waals surface area contributed by atoms with Crippen molar-refractivity contribution in [1.29, 1.82) is 0 Å². The number of aliphatic hydroxyl groups is 1. The van der Waals surface area contributed by atoms with E-state index in [9.17, 15) is 4.79 Å². The fourth-order valence-corrected chi connectivity index (χ4v) is 0.912. The smallest absolute Gasteiger partial charge is 0.233 e. The van der Waals surface area contributed by atoms with E-state index in [4.69, 9.17) is 5.11 Å². The predicted octanol–water partition coefficient (Wildman–Crippen LogP) is -0.565. The lowest BCUT2D eigenvalue weighted by molar-refractivity contribution is -0.122. The molecule has 0 rings (SSSR count). The summed E-state index contributed by atoms with van der Waals surface area (Å²) in [4.78, 5) is 12.9. The highest BCUT2D eigenvalue weighted by Gasteiger charge is 2.11. The maximum Gasteiger partial charge on any atom is 0.233 e. The van der Waals surface area contributed by atoms with Crippen LogP contribution in [0.3, 0.4) is 0 Å². The molecule has 0 aliphatic heterocycles. The van der Waals surface area contributed by atoms with Gasteiger partial charge in [-0.3, -0.25) is 9.69 Å². The van der Waals surface area contributed by atoms with E-state index in [2.05, 4.69) is 5.32 Å². The number of rotatable bonds is 5. The van der Waals surface area contributed by atoms with E-state index >= 15 is 0 Å². The number of aliphatic hydroxyl groups excluding tert-OH is 1.